The number of nitrogens with one attached hydrogen (secondary N) is 1. The van der Waals surface area contributed by atoms with Gasteiger partial charge < -0.3 is 14.8 Å². The highest BCUT2D eigenvalue weighted by Gasteiger charge is 2.18. The van der Waals surface area contributed by atoms with E-state index in [9.17, 15) is 19.7 Å². The van der Waals surface area contributed by atoms with Gasteiger partial charge in [-0.2, -0.15) is 0 Å². The van der Waals surface area contributed by atoms with E-state index in [2.05, 4.69) is 5.32 Å². The van der Waals surface area contributed by atoms with Crippen LogP contribution in [0.25, 0.3) is 0 Å². The van der Waals surface area contributed by atoms with E-state index >= 15 is 0 Å². The van der Waals surface area contributed by atoms with Gasteiger partial charge in [0.05, 0.1) is 22.1 Å². The van der Waals surface area contributed by atoms with E-state index in [1.807, 2.05) is 6.92 Å². The molecule has 0 heterocycles. The molecule has 0 aliphatic rings. The maximum absolute atomic E-state index is 12.0. The van der Waals surface area contributed by atoms with Gasteiger partial charge in [-0.15, -0.1) is 0 Å². The van der Waals surface area contributed by atoms with Gasteiger partial charge >= 0.3 is 5.97 Å². The lowest BCUT2D eigenvalue weighted by atomic mass is 10.2. The van der Waals surface area contributed by atoms with Crippen molar-refractivity contribution in [1.29, 1.82) is 0 Å². The maximum Gasteiger partial charge on any atom is 0.340 e. The molecule has 0 aliphatic carbocycles. The van der Waals surface area contributed by atoms with E-state index in [0.29, 0.717) is 18.0 Å². The SMILES string of the molecule is CCOc1ccc(NC(=O)COC(=O)c2cc([N+](=O)[O-])ccc2Cl)cc1. The summed E-state index contributed by atoms with van der Waals surface area (Å²) >= 11 is 5.85. The number of hydrogen-bond donors (Lipinski definition) is 1. The second-order valence-electron chi connectivity index (χ2n) is 5.00. The van der Waals surface area contributed by atoms with Crippen LogP contribution in [-0.4, -0.2) is 30.0 Å². The molecule has 0 aromatic heterocycles. The predicted molar refractivity (Wildman–Crippen MR) is 94.6 cm³/mol. The standard InChI is InChI=1S/C17H15ClN2O6/c1-2-25-13-6-3-11(4-7-13)19-16(21)10-26-17(22)14-9-12(20(23)24)5-8-15(14)18/h3-9H,2,10H2,1H3,(H,19,21). The monoisotopic (exact) mass is 378 g/mol. The highest BCUT2D eigenvalue weighted by atomic mass is 35.5. The zero-order valence-corrected chi connectivity index (χ0v) is 14.5. The van der Waals surface area contributed by atoms with E-state index in [-0.39, 0.29) is 16.3 Å². The summed E-state index contributed by atoms with van der Waals surface area (Å²) in [6.07, 6.45) is 0. The quantitative estimate of drug-likeness (QED) is 0.449. The number of rotatable bonds is 7. The lowest BCUT2D eigenvalue weighted by molar-refractivity contribution is -0.384. The van der Waals surface area contributed by atoms with E-state index in [1.165, 1.54) is 6.07 Å². The summed E-state index contributed by atoms with van der Waals surface area (Å²) in [6, 6.07) is 10.0. The zero-order valence-electron chi connectivity index (χ0n) is 13.7. The molecule has 0 fully saturated rings. The Morgan fingerprint density at radius 2 is 1.88 bits per heavy atom. The number of benzene rings is 2. The largest absolute Gasteiger partial charge is 0.494 e. The Hall–Kier alpha value is -3.13. The van der Waals surface area contributed by atoms with Crippen LogP contribution in [0, 0.1) is 10.1 Å². The average molecular weight is 379 g/mol. The van der Waals surface area contributed by atoms with Crippen molar-refractivity contribution in [3.63, 3.8) is 0 Å². The zero-order chi connectivity index (χ0) is 19.1. The molecule has 1 amide bonds. The number of nitro groups is 1. The maximum atomic E-state index is 12.0. The highest BCUT2D eigenvalue weighted by molar-refractivity contribution is 6.33. The van der Waals surface area contributed by atoms with E-state index in [4.69, 9.17) is 21.1 Å². The van der Waals surface area contributed by atoms with Crippen LogP contribution in [0.2, 0.25) is 5.02 Å². The van der Waals surface area contributed by atoms with Crippen LogP contribution in [0.5, 0.6) is 5.75 Å². The van der Waals surface area contributed by atoms with Gasteiger partial charge in [0.1, 0.15) is 5.75 Å². The summed E-state index contributed by atoms with van der Waals surface area (Å²) in [5.41, 5.74) is 0.0119. The van der Waals surface area contributed by atoms with Gasteiger partial charge in [0.2, 0.25) is 0 Å². The van der Waals surface area contributed by atoms with Gasteiger partial charge in [0, 0.05) is 17.8 Å². The minimum atomic E-state index is -0.930. The third kappa shape index (κ3) is 5.18. The van der Waals surface area contributed by atoms with Gasteiger partial charge in [0.15, 0.2) is 6.61 Å². The van der Waals surface area contributed by atoms with Crippen molar-refractivity contribution in [2.45, 2.75) is 6.92 Å². The number of ether oxygens (including phenoxy) is 2. The Kier molecular flexibility index (Phi) is 6.51. The van der Waals surface area contributed by atoms with Crippen molar-refractivity contribution >= 4 is 34.9 Å². The van der Waals surface area contributed by atoms with Crippen LogP contribution >= 0.6 is 11.6 Å². The van der Waals surface area contributed by atoms with E-state index in [1.54, 1.807) is 24.3 Å². The molecule has 136 valence electrons. The highest BCUT2D eigenvalue weighted by Crippen LogP contribution is 2.23. The molecular weight excluding hydrogens is 364 g/mol. The smallest absolute Gasteiger partial charge is 0.340 e. The number of carbonyl (C=O) groups is 2. The first-order valence-electron chi connectivity index (χ1n) is 7.54. The van der Waals surface area contributed by atoms with Crippen LogP contribution in [0.15, 0.2) is 42.5 Å². The third-order valence-corrected chi connectivity index (χ3v) is 3.49. The predicted octanol–water partition coefficient (Wildman–Crippen LogP) is 3.44. The van der Waals surface area contributed by atoms with Gasteiger partial charge in [0.25, 0.3) is 11.6 Å². The lowest BCUT2D eigenvalue weighted by Gasteiger charge is -2.08. The van der Waals surface area contributed by atoms with Crippen LogP contribution in [-0.2, 0) is 9.53 Å². The van der Waals surface area contributed by atoms with Gasteiger partial charge in [-0.1, -0.05) is 11.6 Å². The molecule has 1 N–H and O–H groups in total. The Morgan fingerprint density at radius 1 is 1.19 bits per heavy atom. The summed E-state index contributed by atoms with van der Waals surface area (Å²) in [4.78, 5) is 33.9. The first-order valence-corrected chi connectivity index (χ1v) is 7.92. The summed E-state index contributed by atoms with van der Waals surface area (Å²) in [7, 11) is 0. The number of non-ortho nitro benzene ring substituents is 1. The molecule has 2 aromatic carbocycles. The van der Waals surface area contributed by atoms with Gasteiger partial charge in [-0.05, 0) is 37.3 Å². The van der Waals surface area contributed by atoms with Crippen molar-refractivity contribution in [3.05, 3.63) is 63.2 Å². The number of nitrogens with zero attached hydrogens (tertiary/aromatic N) is 1. The molecule has 8 nitrogen and oxygen atoms in total. The van der Waals surface area contributed by atoms with Crippen LogP contribution in [0.1, 0.15) is 17.3 Å². The number of carbonyl (C=O) groups excluding carboxylic acids is 2. The third-order valence-electron chi connectivity index (χ3n) is 3.16. The van der Waals surface area contributed by atoms with Crippen LogP contribution < -0.4 is 10.1 Å². The van der Waals surface area contributed by atoms with E-state index in [0.717, 1.165) is 12.1 Å². The molecule has 26 heavy (non-hydrogen) atoms. The van der Waals surface area contributed by atoms with Crippen molar-refractivity contribution in [2.24, 2.45) is 0 Å². The molecule has 0 unspecified atom stereocenters. The molecule has 0 radical (unpaired) electrons. The minimum Gasteiger partial charge on any atom is -0.494 e. The molecule has 9 heteroatoms. The number of amides is 1. The average Bonchev–Trinajstić information content (AvgIpc) is 2.61. The number of anilines is 1. The summed E-state index contributed by atoms with van der Waals surface area (Å²) in [5, 5.41) is 13.3. The lowest BCUT2D eigenvalue weighted by Crippen LogP contribution is -2.21. The summed E-state index contributed by atoms with van der Waals surface area (Å²) in [6.45, 7) is 1.82. The van der Waals surface area contributed by atoms with Gasteiger partial charge in [-0.3, -0.25) is 14.9 Å². The van der Waals surface area contributed by atoms with Crippen LogP contribution in [0.3, 0.4) is 0 Å². The molecule has 0 atom stereocenters. The summed E-state index contributed by atoms with van der Waals surface area (Å²) < 4.78 is 10.1. The number of nitro benzene ring substituents is 1. The Bertz CT molecular complexity index is 823. The summed E-state index contributed by atoms with van der Waals surface area (Å²) in [5.74, 6) is -0.832. The molecular formula is C17H15ClN2O6. The molecule has 0 saturated carbocycles. The molecule has 0 spiro atoms. The topological polar surface area (TPSA) is 108 Å². The minimum absolute atomic E-state index is 0.00692. The second kappa shape index (κ2) is 8.82. The van der Waals surface area contributed by atoms with Crippen molar-refractivity contribution in [3.8, 4) is 5.75 Å². The molecule has 2 rings (SSSR count). The van der Waals surface area contributed by atoms with Crippen molar-refractivity contribution in [2.75, 3.05) is 18.5 Å². The molecule has 0 aliphatic heterocycles. The fourth-order valence-corrected chi connectivity index (χ4v) is 2.19. The van der Waals surface area contributed by atoms with Gasteiger partial charge in [-0.25, -0.2) is 4.79 Å². The van der Waals surface area contributed by atoms with E-state index < -0.39 is 23.4 Å². The Labute approximate surface area is 153 Å². The Balaban J connectivity index is 1.93. The number of esters is 1. The number of hydrogen-bond acceptors (Lipinski definition) is 6. The molecule has 0 bridgehead atoms. The first-order chi connectivity index (χ1) is 12.4. The van der Waals surface area contributed by atoms with Crippen molar-refractivity contribution in [1.82, 2.24) is 0 Å². The number of halogens is 1. The second-order valence-corrected chi connectivity index (χ2v) is 5.41. The van der Waals surface area contributed by atoms with Crippen LogP contribution in [0.4, 0.5) is 11.4 Å². The molecule has 0 saturated heterocycles. The first kappa shape index (κ1) is 19.2. The molecule has 2 aromatic rings. The Morgan fingerprint density at radius 3 is 2.50 bits per heavy atom. The fourth-order valence-electron chi connectivity index (χ4n) is 1.99. The van der Waals surface area contributed by atoms with Crippen molar-refractivity contribution < 1.29 is 24.0 Å². The fraction of sp³-hybridized carbons (Fsp3) is 0.176. The normalized spacial score (nSPS) is 10.1.